The van der Waals surface area contributed by atoms with Gasteiger partial charge in [0.1, 0.15) is 5.82 Å². The third-order valence-electron chi connectivity index (χ3n) is 4.73. The number of hydrogen-bond donors (Lipinski definition) is 2. The Balaban J connectivity index is 1.69. The number of nitriles is 1. The molecule has 3 rings (SSSR count). The maximum Gasteiger partial charge on any atom is 0.255 e. The van der Waals surface area contributed by atoms with Gasteiger partial charge in [-0.05, 0) is 55.3 Å². The van der Waals surface area contributed by atoms with Crippen LogP contribution in [-0.2, 0) is 4.79 Å². The van der Waals surface area contributed by atoms with Crippen LogP contribution in [0.1, 0.15) is 48.0 Å². The number of hydrogen-bond acceptors (Lipinski definition) is 3. The summed E-state index contributed by atoms with van der Waals surface area (Å²) in [4.78, 5) is 24.6. The Morgan fingerprint density at radius 2 is 1.70 bits per heavy atom. The molecule has 1 saturated carbocycles. The molecule has 1 aliphatic rings. The van der Waals surface area contributed by atoms with Crippen LogP contribution in [0.25, 0.3) is 0 Å². The minimum absolute atomic E-state index is 0.0585. The topological polar surface area (TPSA) is 82.0 Å². The van der Waals surface area contributed by atoms with Gasteiger partial charge in [0.05, 0.1) is 17.3 Å². The molecule has 1 fully saturated rings. The zero-order valence-electron chi connectivity index (χ0n) is 14.8. The molecule has 5 nitrogen and oxygen atoms in total. The van der Waals surface area contributed by atoms with Crippen molar-refractivity contribution in [3.8, 4) is 6.07 Å². The number of anilines is 2. The van der Waals surface area contributed by atoms with E-state index in [9.17, 15) is 14.0 Å². The van der Waals surface area contributed by atoms with Gasteiger partial charge in [-0.15, -0.1) is 0 Å². The Morgan fingerprint density at radius 3 is 2.37 bits per heavy atom. The van der Waals surface area contributed by atoms with Gasteiger partial charge in [0.25, 0.3) is 5.91 Å². The van der Waals surface area contributed by atoms with Gasteiger partial charge in [-0.3, -0.25) is 9.59 Å². The van der Waals surface area contributed by atoms with Crippen LogP contribution >= 0.6 is 0 Å². The molecule has 1 aliphatic carbocycles. The molecule has 2 N–H and O–H groups in total. The summed E-state index contributed by atoms with van der Waals surface area (Å²) in [6.07, 6.45) is 4.81. The molecular formula is C21H20FN3O2. The van der Waals surface area contributed by atoms with Gasteiger partial charge in [-0.2, -0.15) is 5.26 Å². The van der Waals surface area contributed by atoms with Crippen molar-refractivity contribution in [2.75, 3.05) is 10.6 Å². The Bertz CT molecular complexity index is 881. The zero-order valence-corrected chi connectivity index (χ0v) is 14.8. The number of nitrogens with zero attached hydrogens (tertiary/aromatic N) is 1. The van der Waals surface area contributed by atoms with E-state index < -0.39 is 5.82 Å². The normalized spacial score (nSPS) is 14.2. The van der Waals surface area contributed by atoms with E-state index in [2.05, 4.69) is 10.6 Å². The predicted molar refractivity (Wildman–Crippen MR) is 101 cm³/mol. The molecular weight excluding hydrogens is 345 g/mol. The zero-order chi connectivity index (χ0) is 19.2. The number of carbonyl (C=O) groups excluding carboxylic acids is 2. The lowest BCUT2D eigenvalue weighted by atomic mass is 9.88. The molecule has 0 saturated heterocycles. The summed E-state index contributed by atoms with van der Waals surface area (Å²) < 4.78 is 14.1. The van der Waals surface area contributed by atoms with Gasteiger partial charge in [0.15, 0.2) is 0 Å². The number of carbonyl (C=O) groups is 2. The first-order chi connectivity index (χ1) is 13.1. The maximum absolute atomic E-state index is 14.1. The molecule has 0 aromatic heterocycles. The predicted octanol–water partition coefficient (Wildman–Crippen LogP) is 4.47. The fourth-order valence-corrected chi connectivity index (χ4v) is 3.20. The summed E-state index contributed by atoms with van der Waals surface area (Å²) >= 11 is 0. The third kappa shape index (κ3) is 4.70. The molecule has 138 valence electrons. The van der Waals surface area contributed by atoms with Gasteiger partial charge in [-0.1, -0.05) is 19.3 Å². The minimum Gasteiger partial charge on any atom is -0.323 e. The van der Waals surface area contributed by atoms with Crippen LogP contribution in [-0.4, -0.2) is 11.8 Å². The smallest absolute Gasteiger partial charge is 0.255 e. The van der Waals surface area contributed by atoms with Crippen molar-refractivity contribution in [2.24, 2.45) is 5.92 Å². The molecule has 2 aromatic carbocycles. The lowest BCUT2D eigenvalue weighted by molar-refractivity contribution is -0.120. The summed E-state index contributed by atoms with van der Waals surface area (Å²) in [6, 6.07) is 12.2. The maximum atomic E-state index is 14.1. The molecule has 2 aromatic rings. The Kier molecular flexibility index (Phi) is 5.82. The second-order valence-electron chi connectivity index (χ2n) is 6.66. The summed E-state index contributed by atoms with van der Waals surface area (Å²) in [5.74, 6) is -1.19. The van der Waals surface area contributed by atoms with Gasteiger partial charge < -0.3 is 10.6 Å². The fraction of sp³-hybridized carbons (Fsp3) is 0.286. The quantitative estimate of drug-likeness (QED) is 0.839. The van der Waals surface area contributed by atoms with Crippen LogP contribution < -0.4 is 10.6 Å². The van der Waals surface area contributed by atoms with Crippen LogP contribution in [0, 0.1) is 23.1 Å². The lowest BCUT2D eigenvalue weighted by Crippen LogP contribution is -2.25. The van der Waals surface area contributed by atoms with Crippen molar-refractivity contribution in [1.29, 1.82) is 5.26 Å². The second kappa shape index (κ2) is 8.45. The van der Waals surface area contributed by atoms with E-state index >= 15 is 0 Å². The Morgan fingerprint density at radius 1 is 1.00 bits per heavy atom. The minimum atomic E-state index is -0.546. The molecule has 27 heavy (non-hydrogen) atoms. The highest BCUT2D eigenvalue weighted by atomic mass is 19.1. The van der Waals surface area contributed by atoms with E-state index in [0.29, 0.717) is 16.8 Å². The second-order valence-corrected chi connectivity index (χ2v) is 6.66. The van der Waals surface area contributed by atoms with Crippen LogP contribution in [0.4, 0.5) is 15.8 Å². The molecule has 0 spiro atoms. The van der Waals surface area contributed by atoms with Crippen molar-refractivity contribution >= 4 is 23.2 Å². The first-order valence-electron chi connectivity index (χ1n) is 8.99. The monoisotopic (exact) mass is 365 g/mol. The number of rotatable bonds is 4. The van der Waals surface area contributed by atoms with Crippen LogP contribution in [0.2, 0.25) is 0 Å². The van der Waals surface area contributed by atoms with Crippen molar-refractivity contribution in [3.05, 3.63) is 59.4 Å². The molecule has 0 atom stereocenters. The molecule has 6 heteroatoms. The van der Waals surface area contributed by atoms with Crippen LogP contribution in [0.3, 0.4) is 0 Å². The van der Waals surface area contributed by atoms with E-state index in [-0.39, 0.29) is 23.4 Å². The fourth-order valence-electron chi connectivity index (χ4n) is 3.20. The standard InChI is InChI=1S/C21H20FN3O2/c22-18-11-10-17(24-20(26)16-8-6-14(13-23)7-9-16)12-19(18)25-21(27)15-4-2-1-3-5-15/h6-12,15H,1-5H2,(H,24,26)(H,25,27). The first-order valence-corrected chi connectivity index (χ1v) is 8.99. The van der Waals surface area contributed by atoms with Crippen molar-refractivity contribution in [3.63, 3.8) is 0 Å². The average Bonchev–Trinajstić information content (AvgIpc) is 2.71. The third-order valence-corrected chi connectivity index (χ3v) is 4.73. The van der Waals surface area contributed by atoms with Gasteiger partial charge in [-0.25, -0.2) is 4.39 Å². The van der Waals surface area contributed by atoms with Crippen molar-refractivity contribution in [2.45, 2.75) is 32.1 Å². The number of halogens is 1. The molecule has 0 heterocycles. The number of benzene rings is 2. The number of nitrogens with one attached hydrogen (secondary N) is 2. The Labute approximate surface area is 157 Å². The largest absolute Gasteiger partial charge is 0.323 e. The van der Waals surface area contributed by atoms with Crippen LogP contribution in [0.5, 0.6) is 0 Å². The van der Waals surface area contributed by atoms with Gasteiger partial charge >= 0.3 is 0 Å². The molecule has 0 aliphatic heterocycles. The first kappa shape index (κ1) is 18.6. The lowest BCUT2D eigenvalue weighted by Gasteiger charge is -2.21. The summed E-state index contributed by atoms with van der Waals surface area (Å²) in [5, 5.41) is 14.1. The summed E-state index contributed by atoms with van der Waals surface area (Å²) in [5.41, 5.74) is 1.28. The molecule has 0 unspecified atom stereocenters. The summed E-state index contributed by atoms with van der Waals surface area (Å²) in [6.45, 7) is 0. The SMILES string of the molecule is N#Cc1ccc(C(=O)Nc2ccc(F)c(NC(=O)C3CCCCC3)c2)cc1. The molecule has 0 bridgehead atoms. The van der Waals surface area contributed by atoms with Crippen molar-refractivity contribution < 1.29 is 14.0 Å². The summed E-state index contributed by atoms with van der Waals surface area (Å²) in [7, 11) is 0. The van der Waals surface area contributed by atoms with Crippen molar-refractivity contribution in [1.82, 2.24) is 0 Å². The average molecular weight is 365 g/mol. The molecule has 2 amide bonds. The van der Waals surface area contributed by atoms with Gasteiger partial charge in [0, 0.05) is 17.2 Å². The highest BCUT2D eigenvalue weighted by Crippen LogP contribution is 2.26. The van der Waals surface area contributed by atoms with E-state index in [1.54, 1.807) is 24.3 Å². The van der Waals surface area contributed by atoms with E-state index in [1.807, 2.05) is 6.07 Å². The van der Waals surface area contributed by atoms with Crippen LogP contribution in [0.15, 0.2) is 42.5 Å². The number of amides is 2. The highest BCUT2D eigenvalue weighted by Gasteiger charge is 2.22. The van der Waals surface area contributed by atoms with E-state index in [1.165, 1.54) is 18.2 Å². The molecule has 0 radical (unpaired) electrons. The highest BCUT2D eigenvalue weighted by molar-refractivity contribution is 6.04. The van der Waals surface area contributed by atoms with Gasteiger partial charge in [0.2, 0.25) is 5.91 Å². The van der Waals surface area contributed by atoms with E-state index in [4.69, 9.17) is 5.26 Å². The Hall–Kier alpha value is -3.20. The van der Waals surface area contributed by atoms with E-state index in [0.717, 1.165) is 32.1 Å².